The Balaban J connectivity index is 1.55. The first-order chi connectivity index (χ1) is 12.1. The number of piperazine rings is 1. The molecule has 2 amide bonds. The minimum Gasteiger partial charge on any atom is -0.365 e. The van der Waals surface area contributed by atoms with Crippen LogP contribution in [0.1, 0.15) is 23.0 Å². The zero-order valence-corrected chi connectivity index (χ0v) is 14.2. The van der Waals surface area contributed by atoms with E-state index >= 15 is 0 Å². The Kier molecular flexibility index (Phi) is 5.23. The molecule has 1 fully saturated rings. The molecule has 3 rings (SSSR count). The van der Waals surface area contributed by atoms with Gasteiger partial charge in [-0.3, -0.25) is 9.59 Å². The quantitative estimate of drug-likeness (QED) is 0.911. The number of carbonyl (C=O) groups excluding carboxylic acids is 2. The van der Waals surface area contributed by atoms with Gasteiger partial charge in [-0.2, -0.15) is 0 Å². The number of carbonyl (C=O) groups is 2. The minimum absolute atomic E-state index is 0.0423. The average molecular weight is 339 g/mol. The molecule has 0 unspecified atom stereocenters. The van der Waals surface area contributed by atoms with E-state index in [0.717, 1.165) is 5.56 Å². The van der Waals surface area contributed by atoms with E-state index < -0.39 is 0 Å². The predicted molar refractivity (Wildman–Crippen MR) is 94.0 cm³/mol. The Hall–Kier alpha value is -2.96. The molecule has 1 aromatic heterocycles. The van der Waals surface area contributed by atoms with E-state index in [0.29, 0.717) is 44.2 Å². The second kappa shape index (κ2) is 7.74. The van der Waals surface area contributed by atoms with Crippen LogP contribution in [0.25, 0.3) is 0 Å². The third-order valence-corrected chi connectivity index (χ3v) is 4.20. The number of hydrogen-bond acceptors (Lipinski definition) is 5. The molecule has 2 aromatic rings. The van der Waals surface area contributed by atoms with E-state index in [1.54, 1.807) is 22.9 Å². The highest BCUT2D eigenvalue weighted by Crippen LogP contribution is 2.09. The van der Waals surface area contributed by atoms with Crippen molar-refractivity contribution in [1.29, 1.82) is 0 Å². The van der Waals surface area contributed by atoms with Crippen LogP contribution < -0.4 is 5.32 Å². The van der Waals surface area contributed by atoms with Gasteiger partial charge in [0.15, 0.2) is 0 Å². The molecular weight excluding hydrogens is 318 g/mol. The van der Waals surface area contributed by atoms with Crippen LogP contribution >= 0.6 is 0 Å². The fourth-order valence-electron chi connectivity index (χ4n) is 2.70. The van der Waals surface area contributed by atoms with Crippen molar-refractivity contribution < 1.29 is 9.59 Å². The number of nitrogens with zero attached hydrogens (tertiary/aromatic N) is 4. The van der Waals surface area contributed by atoms with E-state index in [-0.39, 0.29) is 11.8 Å². The number of aromatic nitrogens is 2. The summed E-state index contributed by atoms with van der Waals surface area (Å²) in [4.78, 5) is 35.7. The molecular formula is C18H21N5O2. The molecule has 0 saturated carbocycles. The second-order valence-corrected chi connectivity index (χ2v) is 5.92. The monoisotopic (exact) mass is 339 g/mol. The molecule has 1 N–H and O–H groups in total. The van der Waals surface area contributed by atoms with Crippen LogP contribution in [0, 0.1) is 0 Å². The largest absolute Gasteiger partial charge is 0.365 e. The Morgan fingerprint density at radius 1 is 1.00 bits per heavy atom. The molecule has 1 aliphatic heterocycles. The summed E-state index contributed by atoms with van der Waals surface area (Å²) < 4.78 is 0. The molecule has 0 radical (unpaired) electrons. The normalized spacial score (nSPS) is 14.3. The molecule has 0 bridgehead atoms. The third-order valence-electron chi connectivity index (χ3n) is 4.20. The summed E-state index contributed by atoms with van der Waals surface area (Å²) >= 11 is 0. The first-order valence-corrected chi connectivity index (χ1v) is 8.28. The van der Waals surface area contributed by atoms with Crippen molar-refractivity contribution >= 4 is 17.6 Å². The summed E-state index contributed by atoms with van der Waals surface area (Å²) in [5, 5.41) is 3.18. The van der Waals surface area contributed by atoms with Gasteiger partial charge >= 0.3 is 0 Å². The predicted octanol–water partition coefficient (Wildman–Crippen LogP) is 1.39. The zero-order chi connectivity index (χ0) is 17.6. The maximum Gasteiger partial charge on any atom is 0.274 e. The van der Waals surface area contributed by atoms with E-state index in [4.69, 9.17) is 0 Å². The summed E-state index contributed by atoms with van der Waals surface area (Å²) in [5.41, 5.74) is 1.47. The van der Waals surface area contributed by atoms with Crippen LogP contribution in [0.4, 0.5) is 5.82 Å². The summed E-state index contributed by atoms with van der Waals surface area (Å²) in [6, 6.07) is 9.99. The molecule has 7 heteroatoms. The van der Waals surface area contributed by atoms with Crippen LogP contribution in [0.15, 0.2) is 42.7 Å². The maximum atomic E-state index is 12.5. The van der Waals surface area contributed by atoms with Gasteiger partial charge in [0, 0.05) is 39.6 Å². The SMILES string of the molecule is CC(=O)N1CCN(C(=O)c2cnc(NCc3ccccc3)cn2)CC1. The molecule has 0 spiro atoms. The van der Waals surface area contributed by atoms with E-state index in [9.17, 15) is 9.59 Å². The lowest BCUT2D eigenvalue weighted by molar-refractivity contribution is -0.130. The van der Waals surface area contributed by atoms with Crippen LogP contribution in [-0.2, 0) is 11.3 Å². The fraction of sp³-hybridized carbons (Fsp3) is 0.333. The molecule has 1 aromatic carbocycles. The average Bonchev–Trinajstić information content (AvgIpc) is 2.67. The molecule has 7 nitrogen and oxygen atoms in total. The van der Waals surface area contributed by atoms with E-state index in [2.05, 4.69) is 15.3 Å². The lowest BCUT2D eigenvalue weighted by Crippen LogP contribution is -2.50. The van der Waals surface area contributed by atoms with Gasteiger partial charge in [-0.25, -0.2) is 9.97 Å². The summed E-state index contributed by atoms with van der Waals surface area (Å²) in [6.07, 6.45) is 3.06. The summed E-state index contributed by atoms with van der Waals surface area (Å²) in [5.74, 6) is 0.521. The first-order valence-electron chi connectivity index (χ1n) is 8.28. The van der Waals surface area contributed by atoms with Crippen LogP contribution in [0.2, 0.25) is 0 Å². The number of amides is 2. The first kappa shape index (κ1) is 16.9. The topological polar surface area (TPSA) is 78.4 Å². The highest BCUT2D eigenvalue weighted by Gasteiger charge is 2.24. The van der Waals surface area contributed by atoms with Crippen molar-refractivity contribution in [2.75, 3.05) is 31.5 Å². The molecule has 2 heterocycles. The Morgan fingerprint density at radius 3 is 2.28 bits per heavy atom. The van der Waals surface area contributed by atoms with Crippen molar-refractivity contribution in [3.8, 4) is 0 Å². The summed E-state index contributed by atoms with van der Waals surface area (Å²) in [7, 11) is 0. The third kappa shape index (κ3) is 4.32. The van der Waals surface area contributed by atoms with E-state index in [1.165, 1.54) is 6.20 Å². The molecule has 1 saturated heterocycles. The van der Waals surface area contributed by atoms with Crippen LogP contribution in [0.5, 0.6) is 0 Å². The standard InChI is InChI=1S/C18H21N5O2/c1-14(24)22-7-9-23(10-8-22)18(25)16-12-21-17(13-19-16)20-11-15-5-3-2-4-6-15/h2-6,12-13H,7-11H2,1H3,(H,20,21). The van der Waals surface area contributed by atoms with Crippen molar-refractivity contribution in [3.63, 3.8) is 0 Å². The van der Waals surface area contributed by atoms with Crippen molar-refractivity contribution in [1.82, 2.24) is 19.8 Å². The van der Waals surface area contributed by atoms with Gasteiger partial charge in [0.2, 0.25) is 5.91 Å². The lowest BCUT2D eigenvalue weighted by Gasteiger charge is -2.33. The molecule has 1 aliphatic rings. The Bertz CT molecular complexity index is 725. The molecule has 0 atom stereocenters. The van der Waals surface area contributed by atoms with Crippen molar-refractivity contribution in [2.24, 2.45) is 0 Å². The molecule has 130 valence electrons. The number of hydrogen-bond donors (Lipinski definition) is 1. The highest BCUT2D eigenvalue weighted by atomic mass is 16.2. The van der Waals surface area contributed by atoms with Gasteiger partial charge in [-0.1, -0.05) is 30.3 Å². The minimum atomic E-state index is -0.148. The van der Waals surface area contributed by atoms with Gasteiger partial charge in [0.05, 0.1) is 12.4 Å². The summed E-state index contributed by atoms with van der Waals surface area (Å²) in [6.45, 7) is 4.36. The zero-order valence-electron chi connectivity index (χ0n) is 14.2. The van der Waals surface area contributed by atoms with Gasteiger partial charge < -0.3 is 15.1 Å². The molecule has 25 heavy (non-hydrogen) atoms. The van der Waals surface area contributed by atoms with Gasteiger partial charge in [0.25, 0.3) is 5.91 Å². The Morgan fingerprint density at radius 2 is 1.68 bits per heavy atom. The highest BCUT2D eigenvalue weighted by molar-refractivity contribution is 5.92. The van der Waals surface area contributed by atoms with Gasteiger partial charge in [0.1, 0.15) is 11.5 Å². The van der Waals surface area contributed by atoms with Gasteiger partial charge in [-0.05, 0) is 5.56 Å². The van der Waals surface area contributed by atoms with Crippen LogP contribution in [-0.4, -0.2) is 57.8 Å². The number of rotatable bonds is 4. The Labute approximate surface area is 146 Å². The van der Waals surface area contributed by atoms with E-state index in [1.807, 2.05) is 30.3 Å². The number of anilines is 1. The molecule has 0 aliphatic carbocycles. The lowest BCUT2D eigenvalue weighted by atomic mass is 10.2. The number of nitrogens with one attached hydrogen (secondary N) is 1. The maximum absolute atomic E-state index is 12.5. The second-order valence-electron chi connectivity index (χ2n) is 5.92. The van der Waals surface area contributed by atoms with Crippen LogP contribution in [0.3, 0.4) is 0 Å². The van der Waals surface area contributed by atoms with Gasteiger partial charge in [-0.15, -0.1) is 0 Å². The van der Waals surface area contributed by atoms with Crippen molar-refractivity contribution in [2.45, 2.75) is 13.5 Å². The van der Waals surface area contributed by atoms with Crippen molar-refractivity contribution in [3.05, 3.63) is 54.0 Å². The smallest absolute Gasteiger partial charge is 0.274 e. The number of benzene rings is 1. The fourth-order valence-corrected chi connectivity index (χ4v) is 2.70.